The Morgan fingerprint density at radius 1 is 1.33 bits per heavy atom. The van der Waals surface area contributed by atoms with Gasteiger partial charge in [0, 0.05) is 6.54 Å². The lowest BCUT2D eigenvalue weighted by Gasteiger charge is -2.44. The van der Waals surface area contributed by atoms with Crippen LogP contribution in [-0.4, -0.2) is 34.8 Å². The monoisotopic (exact) mass is 254 g/mol. The van der Waals surface area contributed by atoms with Gasteiger partial charge in [-0.05, 0) is 32.6 Å². The molecular formula is C14H26N2O2. The lowest BCUT2D eigenvalue weighted by atomic mass is 9.93. The third-order valence-corrected chi connectivity index (χ3v) is 3.61. The van der Waals surface area contributed by atoms with Crippen molar-refractivity contribution in [2.24, 2.45) is 5.92 Å². The average molecular weight is 254 g/mol. The first-order chi connectivity index (χ1) is 8.30. The zero-order valence-corrected chi connectivity index (χ0v) is 12.2. The minimum absolute atomic E-state index is 0.0377. The first-order valence-corrected chi connectivity index (χ1v) is 6.93. The van der Waals surface area contributed by atoms with E-state index in [1.807, 2.05) is 20.8 Å². The van der Waals surface area contributed by atoms with Gasteiger partial charge in [-0.3, -0.25) is 9.59 Å². The van der Waals surface area contributed by atoms with Crippen molar-refractivity contribution in [3.63, 3.8) is 0 Å². The molecular weight excluding hydrogens is 228 g/mol. The van der Waals surface area contributed by atoms with Gasteiger partial charge in [0.2, 0.25) is 11.8 Å². The molecule has 104 valence electrons. The van der Waals surface area contributed by atoms with Crippen LogP contribution in [-0.2, 0) is 9.59 Å². The van der Waals surface area contributed by atoms with Crippen LogP contribution in [0.1, 0.15) is 53.9 Å². The minimum atomic E-state index is -0.726. The van der Waals surface area contributed by atoms with Crippen molar-refractivity contribution < 1.29 is 9.59 Å². The molecule has 0 saturated carbocycles. The highest BCUT2D eigenvalue weighted by Crippen LogP contribution is 2.23. The molecule has 0 aromatic heterocycles. The summed E-state index contributed by atoms with van der Waals surface area (Å²) >= 11 is 0. The van der Waals surface area contributed by atoms with Gasteiger partial charge < -0.3 is 10.2 Å². The molecule has 1 aliphatic heterocycles. The summed E-state index contributed by atoms with van der Waals surface area (Å²) in [5.41, 5.74) is -0.726. The second-order valence-electron chi connectivity index (χ2n) is 6.05. The topological polar surface area (TPSA) is 49.4 Å². The van der Waals surface area contributed by atoms with E-state index in [1.165, 1.54) is 0 Å². The highest BCUT2D eigenvalue weighted by molar-refractivity contribution is 5.99. The van der Waals surface area contributed by atoms with Crippen LogP contribution >= 0.6 is 0 Å². The highest BCUT2D eigenvalue weighted by atomic mass is 16.2. The molecule has 4 nitrogen and oxygen atoms in total. The fraction of sp³-hybridized carbons (Fsp3) is 0.857. The Hall–Kier alpha value is -1.06. The molecule has 18 heavy (non-hydrogen) atoms. The molecule has 0 aromatic carbocycles. The number of carbonyl (C=O) groups is 2. The molecule has 2 amide bonds. The maximum absolute atomic E-state index is 12.4. The number of nitrogens with zero attached hydrogens (tertiary/aromatic N) is 1. The molecule has 1 fully saturated rings. The third-order valence-electron chi connectivity index (χ3n) is 3.61. The molecule has 1 N–H and O–H groups in total. The maximum atomic E-state index is 12.4. The van der Waals surface area contributed by atoms with Crippen LogP contribution in [0.3, 0.4) is 0 Å². The molecule has 0 radical (unpaired) electrons. The summed E-state index contributed by atoms with van der Waals surface area (Å²) < 4.78 is 0. The van der Waals surface area contributed by atoms with E-state index in [1.54, 1.807) is 4.90 Å². The van der Waals surface area contributed by atoms with E-state index in [0.29, 0.717) is 12.5 Å². The summed E-state index contributed by atoms with van der Waals surface area (Å²) in [6.07, 6.45) is 2.55. The molecule has 0 aromatic rings. The van der Waals surface area contributed by atoms with Crippen LogP contribution in [0.4, 0.5) is 0 Å². The van der Waals surface area contributed by atoms with Crippen molar-refractivity contribution in [3.05, 3.63) is 0 Å². The molecule has 0 spiro atoms. The van der Waals surface area contributed by atoms with E-state index in [2.05, 4.69) is 19.2 Å². The number of hydrogen-bond donors (Lipinski definition) is 1. The van der Waals surface area contributed by atoms with Crippen LogP contribution in [0.5, 0.6) is 0 Å². The molecule has 1 atom stereocenters. The first-order valence-electron chi connectivity index (χ1n) is 6.93. The fourth-order valence-electron chi connectivity index (χ4n) is 2.24. The quantitative estimate of drug-likeness (QED) is 0.815. The Balaban J connectivity index is 2.85. The standard InChI is InChI=1S/C14H26N2O2/c1-6-7-11-12(17)16(9-8-10(2)3)14(4,5)13(18)15-11/h10-11H,6-9H2,1-5H3,(H,15,18). The van der Waals surface area contributed by atoms with Crippen molar-refractivity contribution in [2.45, 2.75) is 65.5 Å². The summed E-state index contributed by atoms with van der Waals surface area (Å²) in [5, 5.41) is 2.84. The average Bonchev–Trinajstić information content (AvgIpc) is 2.25. The summed E-state index contributed by atoms with van der Waals surface area (Å²) in [4.78, 5) is 26.3. The largest absolute Gasteiger partial charge is 0.342 e. The molecule has 1 heterocycles. The van der Waals surface area contributed by atoms with Crippen molar-refractivity contribution in [1.29, 1.82) is 0 Å². The predicted octanol–water partition coefficient (Wildman–Crippen LogP) is 1.94. The molecule has 1 unspecified atom stereocenters. The number of amides is 2. The Bertz CT molecular complexity index is 324. The van der Waals surface area contributed by atoms with Crippen LogP contribution in [0.25, 0.3) is 0 Å². The van der Waals surface area contributed by atoms with Gasteiger partial charge in [0.15, 0.2) is 0 Å². The number of hydrogen-bond acceptors (Lipinski definition) is 2. The second kappa shape index (κ2) is 5.72. The van der Waals surface area contributed by atoms with Crippen LogP contribution in [0.15, 0.2) is 0 Å². The summed E-state index contributed by atoms with van der Waals surface area (Å²) in [6, 6.07) is -0.331. The normalized spacial score (nSPS) is 23.4. The van der Waals surface area contributed by atoms with Crippen LogP contribution in [0, 0.1) is 5.92 Å². The molecule has 1 saturated heterocycles. The van der Waals surface area contributed by atoms with Gasteiger partial charge in [0.25, 0.3) is 0 Å². The highest BCUT2D eigenvalue weighted by Gasteiger charge is 2.45. The fourth-order valence-corrected chi connectivity index (χ4v) is 2.24. The van der Waals surface area contributed by atoms with Gasteiger partial charge in [-0.2, -0.15) is 0 Å². The Morgan fingerprint density at radius 3 is 2.44 bits per heavy atom. The van der Waals surface area contributed by atoms with Gasteiger partial charge >= 0.3 is 0 Å². The van der Waals surface area contributed by atoms with E-state index < -0.39 is 5.54 Å². The van der Waals surface area contributed by atoms with Gasteiger partial charge in [-0.25, -0.2) is 0 Å². The van der Waals surface area contributed by atoms with E-state index in [9.17, 15) is 9.59 Å². The van der Waals surface area contributed by atoms with Gasteiger partial charge in [0.1, 0.15) is 11.6 Å². The smallest absolute Gasteiger partial charge is 0.246 e. The predicted molar refractivity (Wildman–Crippen MR) is 72.1 cm³/mol. The maximum Gasteiger partial charge on any atom is 0.246 e. The number of carbonyl (C=O) groups excluding carboxylic acids is 2. The van der Waals surface area contributed by atoms with Crippen LogP contribution in [0.2, 0.25) is 0 Å². The summed E-state index contributed by atoms with van der Waals surface area (Å²) in [5.74, 6) is 0.564. The lowest BCUT2D eigenvalue weighted by Crippen LogP contribution is -2.68. The second-order valence-corrected chi connectivity index (χ2v) is 6.05. The van der Waals surface area contributed by atoms with Crippen molar-refractivity contribution in [1.82, 2.24) is 10.2 Å². The number of nitrogens with one attached hydrogen (secondary N) is 1. The molecule has 1 rings (SSSR count). The molecule has 0 bridgehead atoms. The van der Waals surface area contributed by atoms with Crippen LogP contribution < -0.4 is 5.32 Å². The Kier molecular flexibility index (Phi) is 4.77. The zero-order chi connectivity index (χ0) is 13.9. The number of piperazine rings is 1. The summed E-state index contributed by atoms with van der Waals surface area (Å²) in [7, 11) is 0. The summed E-state index contributed by atoms with van der Waals surface area (Å²) in [6.45, 7) is 10.6. The van der Waals surface area contributed by atoms with Crippen molar-refractivity contribution >= 4 is 11.8 Å². The van der Waals surface area contributed by atoms with Gasteiger partial charge in [0.05, 0.1) is 0 Å². The minimum Gasteiger partial charge on any atom is -0.342 e. The molecule has 1 aliphatic rings. The van der Waals surface area contributed by atoms with Gasteiger partial charge in [-0.15, -0.1) is 0 Å². The van der Waals surface area contributed by atoms with E-state index in [0.717, 1.165) is 19.3 Å². The zero-order valence-electron chi connectivity index (χ0n) is 12.2. The Morgan fingerprint density at radius 2 is 1.94 bits per heavy atom. The third kappa shape index (κ3) is 3.03. The molecule has 4 heteroatoms. The number of rotatable bonds is 5. The van der Waals surface area contributed by atoms with E-state index in [4.69, 9.17) is 0 Å². The molecule has 0 aliphatic carbocycles. The van der Waals surface area contributed by atoms with Crippen molar-refractivity contribution in [2.75, 3.05) is 6.54 Å². The SMILES string of the molecule is CCCC1NC(=O)C(C)(C)N(CCC(C)C)C1=O. The lowest BCUT2D eigenvalue weighted by molar-refractivity contribution is -0.155. The van der Waals surface area contributed by atoms with E-state index in [-0.39, 0.29) is 17.9 Å². The van der Waals surface area contributed by atoms with E-state index >= 15 is 0 Å². The van der Waals surface area contributed by atoms with Crippen molar-refractivity contribution in [3.8, 4) is 0 Å². The Labute approximate surface area is 110 Å². The first kappa shape index (κ1) is 15.0. The van der Waals surface area contributed by atoms with Gasteiger partial charge in [-0.1, -0.05) is 27.2 Å².